The van der Waals surface area contributed by atoms with Gasteiger partial charge in [0.25, 0.3) is 5.60 Å². The summed E-state index contributed by atoms with van der Waals surface area (Å²) in [7, 11) is 0. The van der Waals surface area contributed by atoms with Crippen LogP contribution < -0.4 is 4.74 Å². The Bertz CT molecular complexity index is 1710. The number of carbonyl (C=O) groups excluding carboxylic acids is 2. The number of phenols is 4. The van der Waals surface area contributed by atoms with Gasteiger partial charge in [0.2, 0.25) is 11.4 Å². The number of fused-ring (bicyclic) bond motifs is 1. The number of ether oxygens (including phenoxy) is 3. The molecule has 1 saturated heterocycles. The standard InChI is InChI=1S/C30H22O11/c31-15-5-1-13(2-6-15)25-21(36)11-18-19(34)12-23-30(28(18)40-25)29(38,27(39-23)14-3-7-16(32)8-4-14)26(37)24-20(35)9-17(33)10-22(24)41-30/h1-10,12,21,25,27,31-33,35-36,38H,11H2/t21-,25-,27-,29+,30-/m0/s1. The molecule has 7 rings (SSSR count). The highest BCUT2D eigenvalue weighted by Crippen LogP contribution is 2.63. The maximum Gasteiger partial charge on any atom is 0.262 e. The zero-order valence-corrected chi connectivity index (χ0v) is 21.0. The lowest BCUT2D eigenvalue weighted by atomic mass is 9.66. The quantitative estimate of drug-likeness (QED) is 0.272. The maximum atomic E-state index is 14.3. The summed E-state index contributed by atoms with van der Waals surface area (Å²) in [4.78, 5) is 27.6. The third-order valence-electron chi connectivity index (χ3n) is 7.99. The number of Topliss-reactive ketones (excluding diaryl/α,β-unsaturated/α-hetero) is 1. The van der Waals surface area contributed by atoms with Crippen LogP contribution in [0.1, 0.15) is 40.1 Å². The smallest absolute Gasteiger partial charge is 0.262 e. The van der Waals surface area contributed by atoms with Crippen molar-refractivity contribution in [1.29, 1.82) is 0 Å². The molecule has 3 heterocycles. The van der Waals surface area contributed by atoms with E-state index in [-0.39, 0.29) is 46.3 Å². The molecule has 208 valence electrons. The number of hydrogen-bond donors (Lipinski definition) is 6. The zero-order chi connectivity index (χ0) is 28.8. The number of carbonyl (C=O) groups is 2. The van der Waals surface area contributed by atoms with Crippen LogP contribution in [-0.2, 0) is 14.3 Å². The van der Waals surface area contributed by atoms with E-state index in [4.69, 9.17) is 14.2 Å². The van der Waals surface area contributed by atoms with E-state index in [9.17, 15) is 40.2 Å². The zero-order valence-electron chi connectivity index (χ0n) is 21.0. The number of benzene rings is 3. The molecule has 11 heteroatoms. The number of aliphatic hydroxyl groups is 2. The van der Waals surface area contributed by atoms with Crippen molar-refractivity contribution < 1.29 is 54.4 Å². The number of hydrogen-bond acceptors (Lipinski definition) is 11. The number of allylic oxidation sites excluding steroid dienone is 1. The predicted molar refractivity (Wildman–Crippen MR) is 137 cm³/mol. The van der Waals surface area contributed by atoms with Gasteiger partial charge in [0.15, 0.2) is 23.4 Å². The highest BCUT2D eigenvalue weighted by Gasteiger charge is 2.78. The monoisotopic (exact) mass is 558 g/mol. The summed E-state index contributed by atoms with van der Waals surface area (Å²) < 4.78 is 18.7. The first-order valence-electron chi connectivity index (χ1n) is 12.7. The molecular weight excluding hydrogens is 536 g/mol. The molecule has 11 nitrogen and oxygen atoms in total. The van der Waals surface area contributed by atoms with E-state index in [0.29, 0.717) is 5.56 Å². The lowest BCUT2D eigenvalue weighted by Crippen LogP contribution is -2.67. The molecule has 0 unspecified atom stereocenters. The van der Waals surface area contributed by atoms with Gasteiger partial charge in [-0.3, -0.25) is 9.59 Å². The van der Waals surface area contributed by atoms with E-state index < -0.39 is 58.1 Å². The van der Waals surface area contributed by atoms with Crippen molar-refractivity contribution in [3.63, 3.8) is 0 Å². The van der Waals surface area contributed by atoms with Crippen LogP contribution in [0, 0.1) is 0 Å². The first-order valence-corrected chi connectivity index (χ1v) is 12.7. The third-order valence-corrected chi connectivity index (χ3v) is 7.99. The lowest BCUT2D eigenvalue weighted by Gasteiger charge is -2.48. The fourth-order valence-electron chi connectivity index (χ4n) is 6.10. The first kappa shape index (κ1) is 25.0. The summed E-state index contributed by atoms with van der Waals surface area (Å²) in [6, 6.07) is 13.3. The van der Waals surface area contributed by atoms with E-state index >= 15 is 0 Å². The van der Waals surface area contributed by atoms with Crippen LogP contribution >= 0.6 is 0 Å². The number of phenolic OH excluding ortho intramolecular Hbond substituents is 4. The third kappa shape index (κ3) is 3.21. The number of ketones is 2. The van der Waals surface area contributed by atoms with Crippen molar-refractivity contribution >= 4 is 11.6 Å². The Hall–Kier alpha value is -5.00. The Balaban J connectivity index is 1.49. The molecule has 0 radical (unpaired) electrons. The summed E-state index contributed by atoms with van der Waals surface area (Å²) in [6.07, 6.45) is -3.02. The van der Waals surface area contributed by atoms with Gasteiger partial charge in [0.1, 0.15) is 40.4 Å². The minimum Gasteiger partial charge on any atom is -0.508 e. The van der Waals surface area contributed by atoms with Gasteiger partial charge in [-0.25, -0.2) is 0 Å². The Morgan fingerprint density at radius 2 is 1.44 bits per heavy atom. The van der Waals surface area contributed by atoms with Gasteiger partial charge in [0, 0.05) is 30.2 Å². The summed E-state index contributed by atoms with van der Waals surface area (Å²) in [5, 5.41) is 64.0. The predicted octanol–water partition coefficient (Wildman–Crippen LogP) is 2.57. The highest BCUT2D eigenvalue weighted by molar-refractivity contribution is 6.13. The molecular formula is C30H22O11. The largest absolute Gasteiger partial charge is 0.508 e. The molecule has 3 aromatic rings. The topological polar surface area (TPSA) is 183 Å². The van der Waals surface area contributed by atoms with Crippen LogP contribution in [0.4, 0.5) is 0 Å². The van der Waals surface area contributed by atoms with Crippen LogP contribution in [0.3, 0.4) is 0 Å². The van der Waals surface area contributed by atoms with E-state index in [1.54, 1.807) is 0 Å². The highest BCUT2D eigenvalue weighted by atomic mass is 16.6. The molecule has 3 aliphatic heterocycles. The van der Waals surface area contributed by atoms with Crippen molar-refractivity contribution in [2.24, 2.45) is 0 Å². The van der Waals surface area contributed by atoms with Crippen molar-refractivity contribution in [3.05, 3.63) is 101 Å². The average Bonchev–Trinajstić information content (AvgIpc) is 3.19. The first-order chi connectivity index (χ1) is 19.5. The number of rotatable bonds is 2. The molecule has 6 N–H and O–H groups in total. The molecule has 0 bridgehead atoms. The fraction of sp³-hybridized carbons (Fsp3) is 0.200. The van der Waals surface area contributed by atoms with E-state index in [1.165, 1.54) is 48.5 Å². The van der Waals surface area contributed by atoms with Crippen LogP contribution in [0.15, 0.2) is 83.8 Å². The second-order valence-corrected chi connectivity index (χ2v) is 10.4. The summed E-state index contributed by atoms with van der Waals surface area (Å²) in [5.74, 6) is -3.65. The molecule has 1 fully saturated rings. The van der Waals surface area contributed by atoms with Gasteiger partial charge < -0.3 is 44.8 Å². The normalized spacial score (nSPS) is 29.7. The van der Waals surface area contributed by atoms with Crippen molar-refractivity contribution in [2.75, 3.05) is 0 Å². The van der Waals surface area contributed by atoms with Crippen molar-refractivity contribution in [2.45, 2.75) is 35.9 Å². The van der Waals surface area contributed by atoms with Crippen molar-refractivity contribution in [3.8, 4) is 28.7 Å². The summed E-state index contributed by atoms with van der Waals surface area (Å²) in [6.45, 7) is 0. The van der Waals surface area contributed by atoms with Crippen molar-refractivity contribution in [1.82, 2.24) is 0 Å². The molecule has 3 aromatic carbocycles. The van der Waals surface area contributed by atoms with Crippen LogP contribution in [0.25, 0.3) is 0 Å². The van der Waals surface area contributed by atoms with Gasteiger partial charge in [0.05, 0.1) is 6.10 Å². The van der Waals surface area contributed by atoms with Crippen LogP contribution in [0.2, 0.25) is 0 Å². The van der Waals surface area contributed by atoms with E-state index in [0.717, 1.165) is 18.2 Å². The fourth-order valence-corrected chi connectivity index (χ4v) is 6.10. The molecule has 1 aliphatic carbocycles. The lowest BCUT2D eigenvalue weighted by molar-refractivity contribution is -0.130. The van der Waals surface area contributed by atoms with Gasteiger partial charge in [-0.15, -0.1) is 0 Å². The molecule has 5 atom stereocenters. The molecule has 1 spiro atoms. The van der Waals surface area contributed by atoms with Gasteiger partial charge in [-0.2, -0.15) is 0 Å². The molecule has 4 aliphatic rings. The Labute approximate surface area is 231 Å². The maximum absolute atomic E-state index is 14.3. The number of aliphatic hydroxyl groups excluding tert-OH is 1. The Kier molecular flexibility index (Phi) is 5.03. The molecule has 0 amide bonds. The summed E-state index contributed by atoms with van der Waals surface area (Å²) in [5.41, 5.74) is -4.81. The van der Waals surface area contributed by atoms with Crippen LogP contribution in [-0.4, -0.2) is 59.5 Å². The van der Waals surface area contributed by atoms with Gasteiger partial charge in [-0.1, -0.05) is 24.3 Å². The SMILES string of the molecule is O=C1C=C2O[C@@H](c3ccc(O)cc3)[C@]3(O)C(=O)c4c(O)cc(O)cc4O[C@]23C2=C1C[C@H](O)[C@H](c1ccc(O)cc1)O2. The van der Waals surface area contributed by atoms with Gasteiger partial charge in [-0.05, 0) is 35.4 Å². The average molecular weight is 558 g/mol. The Morgan fingerprint density at radius 1 is 0.805 bits per heavy atom. The summed E-state index contributed by atoms with van der Waals surface area (Å²) >= 11 is 0. The molecule has 0 aromatic heterocycles. The molecule has 41 heavy (non-hydrogen) atoms. The van der Waals surface area contributed by atoms with Gasteiger partial charge >= 0.3 is 0 Å². The molecule has 0 saturated carbocycles. The minimum absolute atomic E-state index is 0.0247. The number of aromatic hydroxyl groups is 4. The second kappa shape index (κ2) is 8.26. The minimum atomic E-state index is -2.68. The van der Waals surface area contributed by atoms with E-state index in [2.05, 4.69) is 0 Å². The van der Waals surface area contributed by atoms with Crippen LogP contribution in [0.5, 0.6) is 28.7 Å². The van der Waals surface area contributed by atoms with E-state index in [1.807, 2.05) is 0 Å². The second-order valence-electron chi connectivity index (χ2n) is 10.4. The Morgan fingerprint density at radius 3 is 2.10 bits per heavy atom.